The third-order valence-electron chi connectivity index (χ3n) is 2.98. The van der Waals surface area contributed by atoms with Gasteiger partial charge in [-0.05, 0) is 12.3 Å². The summed E-state index contributed by atoms with van der Waals surface area (Å²) < 4.78 is 0. The highest BCUT2D eigenvalue weighted by atomic mass is 16.4. The molecule has 0 bridgehead atoms. The van der Waals surface area contributed by atoms with Crippen LogP contribution in [0.4, 0.5) is 0 Å². The lowest BCUT2D eigenvalue weighted by molar-refractivity contribution is -0.143. The smallest absolute Gasteiger partial charge is 0.326 e. The van der Waals surface area contributed by atoms with E-state index < -0.39 is 54.7 Å². The molecule has 0 aromatic heterocycles. The normalized spacial score (nSPS) is 12.8. The molecule has 0 fully saturated rings. The van der Waals surface area contributed by atoms with E-state index >= 15 is 0 Å². The van der Waals surface area contributed by atoms with Crippen LogP contribution in [0.5, 0.6) is 0 Å². The zero-order valence-electron chi connectivity index (χ0n) is 14.1. The second-order valence-electron chi connectivity index (χ2n) is 5.73. The summed E-state index contributed by atoms with van der Waals surface area (Å²) in [5.74, 6) is -5.00. The summed E-state index contributed by atoms with van der Waals surface area (Å²) in [6.45, 7) is 2.70. The van der Waals surface area contributed by atoms with Crippen molar-refractivity contribution in [1.82, 2.24) is 16.0 Å². The molecule has 11 nitrogen and oxygen atoms in total. The molecule has 2 unspecified atom stereocenters. The van der Waals surface area contributed by atoms with Crippen molar-refractivity contribution < 1.29 is 34.2 Å². The number of amides is 3. The van der Waals surface area contributed by atoms with Gasteiger partial charge in [0, 0.05) is 0 Å². The summed E-state index contributed by atoms with van der Waals surface area (Å²) in [5, 5.41) is 24.5. The Kier molecular flexibility index (Phi) is 9.79. The van der Waals surface area contributed by atoms with Gasteiger partial charge in [0.15, 0.2) is 0 Å². The first-order valence-corrected chi connectivity index (χ1v) is 7.57. The number of rotatable bonds is 11. The van der Waals surface area contributed by atoms with Crippen molar-refractivity contribution in [3.8, 4) is 0 Å². The zero-order valence-corrected chi connectivity index (χ0v) is 14.1. The van der Waals surface area contributed by atoms with Gasteiger partial charge >= 0.3 is 11.9 Å². The molecule has 0 aliphatic rings. The van der Waals surface area contributed by atoms with Crippen LogP contribution in [0.3, 0.4) is 0 Å². The number of nitrogens with one attached hydrogen (secondary N) is 3. The third-order valence-corrected chi connectivity index (χ3v) is 2.98. The van der Waals surface area contributed by atoms with Gasteiger partial charge in [-0.2, -0.15) is 0 Å². The van der Waals surface area contributed by atoms with Crippen LogP contribution >= 0.6 is 0 Å². The van der Waals surface area contributed by atoms with Crippen molar-refractivity contribution in [2.75, 3.05) is 13.1 Å². The van der Waals surface area contributed by atoms with Gasteiger partial charge in [-0.25, -0.2) is 4.79 Å². The second kappa shape index (κ2) is 11.0. The average molecular weight is 360 g/mol. The minimum atomic E-state index is -1.48. The lowest BCUT2D eigenvalue weighted by Crippen LogP contribution is -2.54. The first kappa shape index (κ1) is 22.3. The van der Waals surface area contributed by atoms with E-state index in [1.165, 1.54) is 0 Å². The predicted octanol–water partition coefficient (Wildman–Crippen LogP) is -2.36. The van der Waals surface area contributed by atoms with Crippen LogP contribution in [-0.4, -0.2) is 65.0 Å². The lowest BCUT2D eigenvalue weighted by Gasteiger charge is -2.21. The van der Waals surface area contributed by atoms with Crippen molar-refractivity contribution in [2.24, 2.45) is 11.7 Å². The number of hydrogen-bond donors (Lipinski definition) is 6. The molecule has 142 valence electrons. The summed E-state index contributed by atoms with van der Waals surface area (Å²) in [7, 11) is 0. The Bertz CT molecular complexity index is 521. The maximum absolute atomic E-state index is 12.1. The highest BCUT2D eigenvalue weighted by molar-refractivity contribution is 5.94. The molecule has 11 heteroatoms. The number of aliphatic carboxylic acids is 2. The van der Waals surface area contributed by atoms with Crippen molar-refractivity contribution in [3.05, 3.63) is 0 Å². The molecule has 0 radical (unpaired) electrons. The number of hydrogen-bond acceptors (Lipinski definition) is 6. The van der Waals surface area contributed by atoms with Gasteiger partial charge in [0.2, 0.25) is 17.7 Å². The highest BCUT2D eigenvalue weighted by Gasteiger charge is 2.28. The fourth-order valence-electron chi connectivity index (χ4n) is 1.85. The summed E-state index contributed by atoms with van der Waals surface area (Å²) in [6.07, 6.45) is -0.599. The van der Waals surface area contributed by atoms with Gasteiger partial charge in [-0.15, -0.1) is 0 Å². The number of carbonyl (C=O) groups is 5. The molecule has 3 amide bonds. The summed E-state index contributed by atoms with van der Waals surface area (Å²) in [5.41, 5.74) is 5.06. The molecular formula is C14H24N4O7. The van der Waals surface area contributed by atoms with E-state index in [1.807, 2.05) is 0 Å². The van der Waals surface area contributed by atoms with E-state index in [1.54, 1.807) is 13.8 Å². The molecule has 25 heavy (non-hydrogen) atoms. The number of carbonyl (C=O) groups excluding carboxylic acids is 3. The monoisotopic (exact) mass is 360 g/mol. The van der Waals surface area contributed by atoms with Gasteiger partial charge in [-0.1, -0.05) is 13.8 Å². The fraction of sp³-hybridized carbons (Fsp3) is 0.643. The van der Waals surface area contributed by atoms with E-state index in [9.17, 15) is 24.0 Å². The van der Waals surface area contributed by atoms with E-state index in [4.69, 9.17) is 15.9 Å². The fourth-order valence-corrected chi connectivity index (χ4v) is 1.85. The molecule has 0 aliphatic carbocycles. The van der Waals surface area contributed by atoms with Crippen molar-refractivity contribution >= 4 is 29.7 Å². The van der Waals surface area contributed by atoms with Crippen LogP contribution in [-0.2, 0) is 24.0 Å². The molecule has 0 spiro atoms. The Morgan fingerprint density at radius 3 is 2.00 bits per heavy atom. The van der Waals surface area contributed by atoms with E-state index in [0.717, 1.165) is 0 Å². The maximum Gasteiger partial charge on any atom is 0.326 e. The van der Waals surface area contributed by atoms with Crippen LogP contribution in [0.2, 0.25) is 0 Å². The van der Waals surface area contributed by atoms with Gasteiger partial charge in [0.1, 0.15) is 12.1 Å². The summed E-state index contributed by atoms with van der Waals surface area (Å²) >= 11 is 0. The van der Waals surface area contributed by atoms with Crippen LogP contribution in [0.25, 0.3) is 0 Å². The van der Waals surface area contributed by atoms with E-state index in [2.05, 4.69) is 16.0 Å². The summed E-state index contributed by atoms with van der Waals surface area (Å²) in [6, 6.07) is -2.69. The molecule has 0 saturated heterocycles. The quantitative estimate of drug-likeness (QED) is 0.236. The van der Waals surface area contributed by atoms with E-state index in [0.29, 0.717) is 0 Å². The molecule has 2 atom stereocenters. The topological polar surface area (TPSA) is 188 Å². The van der Waals surface area contributed by atoms with Gasteiger partial charge in [0.25, 0.3) is 0 Å². The van der Waals surface area contributed by atoms with E-state index in [-0.39, 0.29) is 18.9 Å². The first-order valence-electron chi connectivity index (χ1n) is 7.57. The Labute approximate surface area is 144 Å². The SMILES string of the molecule is CC(C)CC(NC(=O)C(CC(=O)O)NC(=O)CNC(=O)CN)C(=O)O. The third kappa shape index (κ3) is 9.91. The summed E-state index contributed by atoms with van der Waals surface area (Å²) in [4.78, 5) is 56.9. The van der Waals surface area contributed by atoms with Gasteiger partial charge in [0.05, 0.1) is 19.5 Å². The molecule has 0 heterocycles. The second-order valence-corrected chi connectivity index (χ2v) is 5.73. The maximum atomic E-state index is 12.1. The predicted molar refractivity (Wildman–Crippen MR) is 85.3 cm³/mol. The molecule has 7 N–H and O–H groups in total. The molecule has 0 aliphatic heterocycles. The first-order chi connectivity index (χ1) is 11.6. The molecule has 0 saturated carbocycles. The Balaban J connectivity index is 4.90. The van der Waals surface area contributed by atoms with Crippen LogP contribution in [0, 0.1) is 5.92 Å². The zero-order chi connectivity index (χ0) is 19.6. The van der Waals surface area contributed by atoms with Crippen LogP contribution < -0.4 is 21.7 Å². The van der Waals surface area contributed by atoms with Gasteiger partial charge in [-0.3, -0.25) is 19.2 Å². The van der Waals surface area contributed by atoms with Crippen molar-refractivity contribution in [3.63, 3.8) is 0 Å². The molecule has 0 aromatic rings. The lowest BCUT2D eigenvalue weighted by atomic mass is 10.0. The minimum absolute atomic E-state index is 0.0274. The number of carboxylic acid groups (broad SMARTS) is 2. The van der Waals surface area contributed by atoms with Crippen molar-refractivity contribution in [2.45, 2.75) is 38.8 Å². The Morgan fingerprint density at radius 2 is 1.56 bits per heavy atom. The van der Waals surface area contributed by atoms with Gasteiger partial charge < -0.3 is 31.9 Å². The Morgan fingerprint density at radius 1 is 0.960 bits per heavy atom. The molecular weight excluding hydrogens is 336 g/mol. The number of carboxylic acids is 2. The molecule has 0 rings (SSSR count). The standard InChI is InChI=1S/C14H24N4O7/c1-7(2)3-9(14(24)25)18-13(23)8(4-12(21)22)17-11(20)6-16-10(19)5-15/h7-9H,3-6,15H2,1-2H3,(H,16,19)(H,17,20)(H,18,23)(H,21,22)(H,24,25). The minimum Gasteiger partial charge on any atom is -0.481 e. The van der Waals surface area contributed by atoms with Crippen LogP contribution in [0.15, 0.2) is 0 Å². The van der Waals surface area contributed by atoms with Crippen molar-refractivity contribution in [1.29, 1.82) is 0 Å². The highest BCUT2D eigenvalue weighted by Crippen LogP contribution is 2.06. The largest absolute Gasteiger partial charge is 0.481 e. The molecule has 0 aromatic carbocycles. The van der Waals surface area contributed by atoms with Crippen LogP contribution in [0.1, 0.15) is 26.7 Å². The Hall–Kier alpha value is -2.69. The number of nitrogens with two attached hydrogens (primary N) is 1. The average Bonchev–Trinajstić information content (AvgIpc) is 2.50.